The van der Waals surface area contributed by atoms with Gasteiger partial charge in [-0.1, -0.05) is 6.07 Å². The van der Waals surface area contributed by atoms with Gasteiger partial charge in [0.05, 0.1) is 5.75 Å². The Bertz CT molecular complexity index is 505. The summed E-state index contributed by atoms with van der Waals surface area (Å²) in [6.07, 6.45) is 5.82. The Morgan fingerprint density at radius 3 is 2.73 bits per heavy atom. The number of amidine groups is 1. The molecule has 1 aliphatic heterocycles. The summed E-state index contributed by atoms with van der Waals surface area (Å²) in [5, 5.41) is 3.53. The number of nitrogens with zero attached hydrogens (tertiary/aromatic N) is 3. The van der Waals surface area contributed by atoms with E-state index in [2.05, 4.69) is 15.3 Å². The first kappa shape index (κ1) is 9.85. The van der Waals surface area contributed by atoms with Crippen molar-refractivity contribution in [3.05, 3.63) is 42.5 Å². The summed E-state index contributed by atoms with van der Waals surface area (Å²) in [5.74, 6) is -0.120. The van der Waals surface area contributed by atoms with Crippen LogP contribution in [0.2, 0.25) is 0 Å². The van der Waals surface area contributed by atoms with Crippen LogP contribution in [0.1, 0.15) is 5.56 Å². The number of hydrogen-bond acceptors (Lipinski definition) is 4. The fourth-order valence-corrected chi connectivity index (χ4v) is 2.34. The lowest BCUT2D eigenvalue weighted by atomic mass is 10.3. The maximum absolute atomic E-state index is 11.7. The van der Waals surface area contributed by atoms with Crippen molar-refractivity contribution in [1.82, 2.24) is 10.3 Å². The molecule has 2 rings (SSSR count). The SMILES string of the molecule is O=S(=O)(Cc1cccnc1)C1=NC=C[N]1. The molecule has 0 spiro atoms. The van der Waals surface area contributed by atoms with Gasteiger partial charge in [-0.3, -0.25) is 4.98 Å². The lowest BCUT2D eigenvalue weighted by Gasteiger charge is -2.02. The van der Waals surface area contributed by atoms with Gasteiger partial charge in [-0.05, 0) is 11.6 Å². The molecule has 77 valence electrons. The van der Waals surface area contributed by atoms with E-state index < -0.39 is 9.84 Å². The first-order chi connectivity index (χ1) is 7.18. The van der Waals surface area contributed by atoms with Crippen LogP contribution in [-0.4, -0.2) is 18.6 Å². The Kier molecular flexibility index (Phi) is 2.51. The van der Waals surface area contributed by atoms with Crippen LogP contribution < -0.4 is 5.32 Å². The Balaban J connectivity index is 2.19. The number of rotatable bonds is 2. The molecule has 0 amide bonds. The van der Waals surface area contributed by atoms with Crippen molar-refractivity contribution >= 4 is 15.0 Å². The Morgan fingerprint density at radius 2 is 2.13 bits per heavy atom. The topological polar surface area (TPSA) is 73.5 Å². The number of hydrogen-bond donors (Lipinski definition) is 0. The minimum absolute atomic E-state index is 0.120. The molecule has 0 aromatic carbocycles. The van der Waals surface area contributed by atoms with E-state index in [1.54, 1.807) is 18.3 Å². The van der Waals surface area contributed by atoms with Crippen molar-refractivity contribution in [2.45, 2.75) is 5.75 Å². The van der Waals surface area contributed by atoms with E-state index in [9.17, 15) is 8.42 Å². The summed E-state index contributed by atoms with van der Waals surface area (Å²) in [5.41, 5.74) is 0.627. The Labute approximate surface area is 87.5 Å². The second-order valence-corrected chi connectivity index (χ2v) is 4.84. The number of aliphatic imine (C=N–C) groups is 1. The van der Waals surface area contributed by atoms with Gasteiger partial charge in [-0.25, -0.2) is 18.7 Å². The normalized spacial score (nSPS) is 14.8. The van der Waals surface area contributed by atoms with E-state index in [1.165, 1.54) is 18.6 Å². The third kappa shape index (κ3) is 2.21. The van der Waals surface area contributed by atoms with Gasteiger partial charge in [0.15, 0.2) is 0 Å². The van der Waals surface area contributed by atoms with Gasteiger partial charge in [-0.2, -0.15) is 0 Å². The molecule has 0 atom stereocenters. The molecule has 0 bridgehead atoms. The van der Waals surface area contributed by atoms with Gasteiger partial charge in [0.1, 0.15) is 0 Å². The summed E-state index contributed by atoms with van der Waals surface area (Å²) in [7, 11) is -3.43. The number of aromatic nitrogens is 1. The summed E-state index contributed by atoms with van der Waals surface area (Å²) in [6, 6.07) is 3.39. The highest BCUT2D eigenvalue weighted by molar-refractivity contribution is 8.05. The second-order valence-electron chi connectivity index (χ2n) is 2.96. The molecule has 1 aromatic heterocycles. The maximum Gasteiger partial charge on any atom is 0.247 e. The molecule has 2 heterocycles. The zero-order valence-corrected chi connectivity index (χ0v) is 8.55. The highest BCUT2D eigenvalue weighted by Gasteiger charge is 2.22. The summed E-state index contributed by atoms with van der Waals surface area (Å²) >= 11 is 0. The van der Waals surface area contributed by atoms with E-state index in [4.69, 9.17) is 0 Å². The average Bonchev–Trinajstić information content (AvgIpc) is 2.71. The highest BCUT2D eigenvalue weighted by atomic mass is 32.2. The number of sulfone groups is 1. The van der Waals surface area contributed by atoms with E-state index in [-0.39, 0.29) is 10.9 Å². The molecular formula is C9H8N3O2S. The van der Waals surface area contributed by atoms with Crippen LogP contribution in [0.4, 0.5) is 0 Å². The lowest BCUT2D eigenvalue weighted by molar-refractivity contribution is 0.605. The Hall–Kier alpha value is -1.69. The molecule has 6 heteroatoms. The van der Waals surface area contributed by atoms with Gasteiger partial charge < -0.3 is 0 Å². The Morgan fingerprint density at radius 1 is 1.27 bits per heavy atom. The molecule has 0 fully saturated rings. The van der Waals surface area contributed by atoms with Gasteiger partial charge >= 0.3 is 0 Å². The molecular weight excluding hydrogens is 214 g/mol. The minimum atomic E-state index is -3.43. The fourth-order valence-electron chi connectivity index (χ4n) is 1.16. The molecule has 0 N–H and O–H groups in total. The predicted octanol–water partition coefficient (Wildman–Crippen LogP) is 0.442. The molecule has 1 aliphatic rings. The van der Waals surface area contributed by atoms with E-state index in [0.717, 1.165) is 0 Å². The lowest BCUT2D eigenvalue weighted by Crippen LogP contribution is -2.21. The van der Waals surface area contributed by atoms with Crippen molar-refractivity contribution in [2.75, 3.05) is 0 Å². The third-order valence-electron chi connectivity index (χ3n) is 1.79. The van der Waals surface area contributed by atoms with Crippen LogP contribution in [0.5, 0.6) is 0 Å². The van der Waals surface area contributed by atoms with Gasteiger partial charge in [-0.15, -0.1) is 0 Å². The number of pyridine rings is 1. The van der Waals surface area contributed by atoms with Crippen LogP contribution in [0.25, 0.3) is 0 Å². The minimum Gasteiger partial charge on any atom is -0.264 e. The quantitative estimate of drug-likeness (QED) is 0.728. The van der Waals surface area contributed by atoms with Crippen molar-refractivity contribution in [2.24, 2.45) is 4.99 Å². The molecule has 0 unspecified atom stereocenters. The van der Waals surface area contributed by atoms with E-state index in [1.807, 2.05) is 0 Å². The molecule has 1 aromatic rings. The van der Waals surface area contributed by atoms with Crippen LogP contribution in [0.3, 0.4) is 0 Å². The van der Waals surface area contributed by atoms with E-state index in [0.29, 0.717) is 5.56 Å². The molecule has 15 heavy (non-hydrogen) atoms. The zero-order valence-electron chi connectivity index (χ0n) is 7.74. The maximum atomic E-state index is 11.7. The van der Waals surface area contributed by atoms with Crippen LogP contribution in [0.15, 0.2) is 41.9 Å². The highest BCUT2D eigenvalue weighted by Crippen LogP contribution is 2.08. The monoisotopic (exact) mass is 222 g/mol. The van der Waals surface area contributed by atoms with Gasteiger partial charge in [0.25, 0.3) is 0 Å². The molecule has 0 aliphatic carbocycles. The average molecular weight is 222 g/mol. The van der Waals surface area contributed by atoms with Crippen LogP contribution >= 0.6 is 0 Å². The van der Waals surface area contributed by atoms with Crippen molar-refractivity contribution in [3.8, 4) is 0 Å². The second kappa shape index (κ2) is 3.82. The summed E-state index contributed by atoms with van der Waals surface area (Å²) in [6.45, 7) is 0. The van der Waals surface area contributed by atoms with Gasteiger partial charge in [0, 0.05) is 24.8 Å². The molecule has 1 radical (unpaired) electrons. The molecule has 0 saturated heterocycles. The summed E-state index contributed by atoms with van der Waals surface area (Å²) in [4.78, 5) is 7.51. The van der Waals surface area contributed by atoms with Crippen LogP contribution in [-0.2, 0) is 15.6 Å². The first-order valence-electron chi connectivity index (χ1n) is 4.24. The van der Waals surface area contributed by atoms with Crippen LogP contribution in [0, 0.1) is 0 Å². The largest absolute Gasteiger partial charge is 0.264 e. The molecule has 0 saturated carbocycles. The predicted molar refractivity (Wildman–Crippen MR) is 55.6 cm³/mol. The molecule has 5 nitrogen and oxygen atoms in total. The van der Waals surface area contributed by atoms with Crippen molar-refractivity contribution < 1.29 is 8.42 Å². The summed E-state index contributed by atoms with van der Waals surface area (Å²) < 4.78 is 23.4. The zero-order chi connectivity index (χ0) is 10.7. The van der Waals surface area contributed by atoms with E-state index >= 15 is 0 Å². The fraction of sp³-hybridized carbons (Fsp3) is 0.111. The van der Waals surface area contributed by atoms with Crippen molar-refractivity contribution in [3.63, 3.8) is 0 Å². The van der Waals surface area contributed by atoms with Crippen molar-refractivity contribution in [1.29, 1.82) is 0 Å². The first-order valence-corrected chi connectivity index (χ1v) is 5.89. The third-order valence-corrected chi connectivity index (χ3v) is 3.27. The van der Waals surface area contributed by atoms with Gasteiger partial charge in [0.2, 0.25) is 15.0 Å². The standard InChI is InChI=1S/C9H8N3O2S/c13-15(14,9-11-4-5-12-9)7-8-2-1-3-10-6-8/h1-6H,7H2. The smallest absolute Gasteiger partial charge is 0.247 e.